The van der Waals surface area contributed by atoms with Crippen molar-refractivity contribution in [3.8, 4) is 5.75 Å². The monoisotopic (exact) mass is 587 g/mol. The molecule has 1 amide bonds. The Bertz CT molecular complexity index is 1650. The van der Waals surface area contributed by atoms with Gasteiger partial charge in [0.05, 0.1) is 29.6 Å². The number of ether oxygens (including phenoxy) is 1. The topological polar surface area (TPSA) is 128 Å². The van der Waals surface area contributed by atoms with E-state index in [1.54, 1.807) is 31.6 Å². The number of sulfone groups is 1. The van der Waals surface area contributed by atoms with E-state index in [1.165, 1.54) is 24.3 Å². The van der Waals surface area contributed by atoms with Gasteiger partial charge in [-0.25, -0.2) is 13.4 Å². The number of rotatable bonds is 11. The molecule has 3 aromatic carbocycles. The zero-order chi connectivity index (χ0) is 29.7. The SMILES string of the molecule is C[C@H](O)CNC(=O)c1ccc(S(=O)(=O)Cc2c(O[C@H](Cn3ccnc3)c3ccccc3)ccc3c2CCCC3=O)cc1. The molecule has 1 aliphatic rings. The third-order valence-corrected chi connectivity index (χ3v) is 8.92. The number of ketones is 1. The van der Waals surface area contributed by atoms with Crippen molar-refractivity contribution in [2.24, 2.45) is 0 Å². The number of hydrogen-bond acceptors (Lipinski definition) is 7. The predicted octanol–water partition coefficient (Wildman–Crippen LogP) is 4.31. The number of carbonyl (C=O) groups is 2. The van der Waals surface area contributed by atoms with Gasteiger partial charge in [-0.2, -0.15) is 0 Å². The summed E-state index contributed by atoms with van der Waals surface area (Å²) in [7, 11) is -3.88. The van der Waals surface area contributed by atoms with Gasteiger partial charge in [0.1, 0.15) is 11.9 Å². The molecule has 0 unspecified atom stereocenters. The summed E-state index contributed by atoms with van der Waals surface area (Å²) in [5.74, 6) is -0.364. The smallest absolute Gasteiger partial charge is 0.251 e. The van der Waals surface area contributed by atoms with Crippen molar-refractivity contribution >= 4 is 21.5 Å². The van der Waals surface area contributed by atoms with Gasteiger partial charge in [-0.1, -0.05) is 30.3 Å². The number of fused-ring (bicyclic) bond motifs is 1. The van der Waals surface area contributed by atoms with Gasteiger partial charge >= 0.3 is 0 Å². The van der Waals surface area contributed by atoms with Crippen LogP contribution in [0, 0.1) is 0 Å². The van der Waals surface area contributed by atoms with Crippen LogP contribution in [0.5, 0.6) is 5.75 Å². The van der Waals surface area contributed by atoms with Gasteiger partial charge in [0.25, 0.3) is 5.91 Å². The summed E-state index contributed by atoms with van der Waals surface area (Å²) >= 11 is 0. The molecule has 1 heterocycles. The Kier molecular flexibility index (Phi) is 8.84. The largest absolute Gasteiger partial charge is 0.484 e. The Morgan fingerprint density at radius 3 is 2.52 bits per heavy atom. The maximum absolute atomic E-state index is 13.7. The van der Waals surface area contributed by atoms with E-state index in [1.807, 2.05) is 41.1 Å². The Morgan fingerprint density at radius 1 is 1.07 bits per heavy atom. The molecule has 0 radical (unpaired) electrons. The Morgan fingerprint density at radius 2 is 1.83 bits per heavy atom. The van der Waals surface area contributed by atoms with E-state index >= 15 is 0 Å². The number of amides is 1. The van der Waals surface area contributed by atoms with Gasteiger partial charge < -0.3 is 19.7 Å². The zero-order valence-corrected chi connectivity index (χ0v) is 24.1. The van der Waals surface area contributed by atoms with Crippen LogP contribution in [0.1, 0.15) is 63.3 Å². The van der Waals surface area contributed by atoms with E-state index in [4.69, 9.17) is 4.74 Å². The Balaban J connectivity index is 1.48. The molecular weight excluding hydrogens is 554 g/mol. The minimum Gasteiger partial charge on any atom is -0.484 e. The number of hydrogen-bond donors (Lipinski definition) is 2. The summed E-state index contributed by atoms with van der Waals surface area (Å²) in [6.45, 7) is 2.10. The third-order valence-electron chi connectivity index (χ3n) is 7.26. The van der Waals surface area contributed by atoms with Crippen molar-refractivity contribution < 1.29 is 27.9 Å². The molecule has 2 N–H and O–H groups in total. The molecule has 0 fully saturated rings. The second-order valence-corrected chi connectivity index (χ2v) is 12.5. The van der Waals surface area contributed by atoms with Crippen LogP contribution in [0.2, 0.25) is 0 Å². The molecule has 4 aromatic rings. The van der Waals surface area contributed by atoms with Crippen LogP contribution in [0.3, 0.4) is 0 Å². The number of aromatic nitrogens is 2. The number of aliphatic hydroxyl groups excluding tert-OH is 1. The van der Waals surface area contributed by atoms with E-state index in [0.29, 0.717) is 48.2 Å². The first kappa shape index (κ1) is 29.2. The average Bonchev–Trinajstić information content (AvgIpc) is 3.50. The second-order valence-electron chi connectivity index (χ2n) is 10.5. The van der Waals surface area contributed by atoms with Crippen LogP contribution >= 0.6 is 0 Å². The van der Waals surface area contributed by atoms with Gasteiger partial charge in [-0.15, -0.1) is 0 Å². The Hall–Kier alpha value is -4.28. The number of aliphatic hydroxyl groups is 1. The third kappa shape index (κ3) is 6.78. The molecule has 2 atom stereocenters. The number of nitrogens with zero attached hydrogens (tertiary/aromatic N) is 2. The molecule has 0 saturated carbocycles. The summed E-state index contributed by atoms with van der Waals surface area (Å²) in [5, 5.41) is 12.0. The molecule has 0 aliphatic heterocycles. The second kappa shape index (κ2) is 12.7. The number of imidazole rings is 1. The number of nitrogens with one attached hydrogen (secondary N) is 1. The summed E-state index contributed by atoms with van der Waals surface area (Å²) in [5.41, 5.74) is 2.92. The van der Waals surface area contributed by atoms with E-state index in [2.05, 4.69) is 10.3 Å². The molecule has 10 heteroatoms. The first-order valence-electron chi connectivity index (χ1n) is 13.9. The van der Waals surface area contributed by atoms with Gasteiger partial charge in [0, 0.05) is 42.0 Å². The number of Topliss-reactive ketones (excluding diaryl/α,β-unsaturated/α-hetero) is 1. The first-order chi connectivity index (χ1) is 20.2. The molecule has 5 rings (SSSR count). The van der Waals surface area contributed by atoms with Gasteiger partial charge in [0.15, 0.2) is 15.6 Å². The summed E-state index contributed by atoms with van der Waals surface area (Å²) in [4.78, 5) is 29.3. The number of benzene rings is 3. The van der Waals surface area contributed by atoms with Gasteiger partial charge in [-0.05, 0) is 67.3 Å². The normalized spacial score (nSPS) is 14.6. The van der Waals surface area contributed by atoms with E-state index in [0.717, 1.165) is 5.56 Å². The van der Waals surface area contributed by atoms with Crippen molar-refractivity contribution in [3.05, 3.63) is 113 Å². The molecule has 0 bridgehead atoms. The molecule has 1 aromatic heterocycles. The lowest BCUT2D eigenvalue weighted by Crippen LogP contribution is -2.30. The quantitative estimate of drug-likeness (QED) is 0.268. The van der Waals surface area contributed by atoms with Crippen LogP contribution in [0.4, 0.5) is 0 Å². The summed E-state index contributed by atoms with van der Waals surface area (Å²) in [6.07, 6.45) is 5.71. The van der Waals surface area contributed by atoms with Crippen molar-refractivity contribution in [1.82, 2.24) is 14.9 Å². The molecule has 9 nitrogen and oxygen atoms in total. The predicted molar refractivity (Wildman–Crippen MR) is 157 cm³/mol. The lowest BCUT2D eigenvalue weighted by molar-refractivity contribution is 0.0923. The minimum absolute atomic E-state index is 0.00737. The lowest BCUT2D eigenvalue weighted by atomic mass is 9.87. The van der Waals surface area contributed by atoms with Crippen molar-refractivity contribution in [1.29, 1.82) is 0 Å². The first-order valence-corrected chi connectivity index (χ1v) is 15.5. The maximum atomic E-state index is 13.7. The molecule has 218 valence electrons. The minimum atomic E-state index is -3.88. The van der Waals surface area contributed by atoms with E-state index in [9.17, 15) is 23.1 Å². The molecule has 0 spiro atoms. The van der Waals surface area contributed by atoms with Crippen LogP contribution < -0.4 is 10.1 Å². The van der Waals surface area contributed by atoms with Crippen molar-refractivity contribution in [2.75, 3.05) is 6.54 Å². The lowest BCUT2D eigenvalue weighted by Gasteiger charge is -2.25. The number of carbonyl (C=O) groups excluding carboxylic acids is 2. The van der Waals surface area contributed by atoms with Crippen LogP contribution in [-0.2, 0) is 28.6 Å². The highest BCUT2D eigenvalue weighted by Crippen LogP contribution is 2.36. The zero-order valence-electron chi connectivity index (χ0n) is 23.3. The summed E-state index contributed by atoms with van der Waals surface area (Å²) < 4.78 is 36.0. The highest BCUT2D eigenvalue weighted by molar-refractivity contribution is 7.90. The molecule has 42 heavy (non-hydrogen) atoms. The fourth-order valence-corrected chi connectivity index (χ4v) is 6.51. The van der Waals surface area contributed by atoms with Crippen LogP contribution in [0.15, 0.2) is 90.3 Å². The molecule has 1 aliphatic carbocycles. The standard InChI is InChI=1S/C32H33N3O6S/c1-22(36)18-34-32(38)24-10-12-25(13-11-24)42(39,40)20-28-26-8-5-9-29(37)27(26)14-15-30(28)41-31(19-35-17-16-33-21-35)23-6-3-2-4-7-23/h2-4,6-7,10-17,21-22,31,36H,5,8-9,18-20H2,1H3,(H,34,38)/t22-,31+/m0/s1. The molecule has 0 saturated heterocycles. The highest BCUT2D eigenvalue weighted by atomic mass is 32.2. The van der Waals surface area contributed by atoms with Crippen LogP contribution in [0.25, 0.3) is 0 Å². The van der Waals surface area contributed by atoms with Crippen molar-refractivity contribution in [3.63, 3.8) is 0 Å². The highest BCUT2D eigenvalue weighted by Gasteiger charge is 2.28. The fraction of sp³-hybridized carbons (Fsp3) is 0.281. The van der Waals surface area contributed by atoms with E-state index < -0.39 is 28.0 Å². The van der Waals surface area contributed by atoms with Crippen LogP contribution in [-0.4, -0.2) is 47.4 Å². The average molecular weight is 588 g/mol. The molecular formula is C32H33N3O6S. The summed E-state index contributed by atoms with van der Waals surface area (Å²) in [6, 6.07) is 18.8. The Labute approximate surface area is 245 Å². The van der Waals surface area contributed by atoms with E-state index in [-0.39, 0.29) is 28.5 Å². The van der Waals surface area contributed by atoms with Crippen molar-refractivity contribution in [2.45, 2.75) is 55.6 Å². The van der Waals surface area contributed by atoms with Gasteiger partial charge in [-0.3, -0.25) is 9.59 Å². The maximum Gasteiger partial charge on any atom is 0.251 e. The van der Waals surface area contributed by atoms with Gasteiger partial charge in [0.2, 0.25) is 0 Å². The fourth-order valence-electron chi connectivity index (χ4n) is 5.09.